The molecule has 0 aliphatic carbocycles. The van der Waals surface area contributed by atoms with Gasteiger partial charge in [-0.3, -0.25) is 10.2 Å². The molecule has 0 saturated heterocycles. The number of amidine groups is 2. The summed E-state index contributed by atoms with van der Waals surface area (Å²) >= 11 is 1.25. The van der Waals surface area contributed by atoms with Crippen LogP contribution in [0.3, 0.4) is 0 Å². The Balaban J connectivity index is 1.57. The van der Waals surface area contributed by atoms with E-state index in [1.807, 2.05) is 18.2 Å². The van der Waals surface area contributed by atoms with Crippen LogP contribution in [-0.2, 0) is 11.2 Å². The Labute approximate surface area is 176 Å². The van der Waals surface area contributed by atoms with Gasteiger partial charge in [-0.15, -0.1) is 0 Å². The number of fused-ring (bicyclic) bond motifs is 1. The third-order valence-electron chi connectivity index (χ3n) is 4.48. The van der Waals surface area contributed by atoms with Crippen molar-refractivity contribution in [1.29, 1.82) is 5.41 Å². The van der Waals surface area contributed by atoms with Crippen LogP contribution < -0.4 is 9.47 Å². The van der Waals surface area contributed by atoms with E-state index < -0.39 is 5.91 Å². The van der Waals surface area contributed by atoms with Gasteiger partial charge in [-0.25, -0.2) is 4.39 Å². The van der Waals surface area contributed by atoms with Gasteiger partial charge < -0.3 is 9.47 Å². The summed E-state index contributed by atoms with van der Waals surface area (Å²) in [7, 11) is 3.14. The largest absolute Gasteiger partial charge is 0.493 e. The van der Waals surface area contributed by atoms with Gasteiger partial charge in [0.25, 0.3) is 5.91 Å². The van der Waals surface area contributed by atoms with E-state index in [-0.39, 0.29) is 17.2 Å². The fourth-order valence-electron chi connectivity index (χ4n) is 2.99. The van der Waals surface area contributed by atoms with Crippen molar-refractivity contribution in [1.82, 2.24) is 5.01 Å². The predicted octanol–water partition coefficient (Wildman–Crippen LogP) is 3.70. The van der Waals surface area contributed by atoms with Crippen molar-refractivity contribution < 1.29 is 18.7 Å². The number of aliphatic imine (C=N–C) groups is 1. The molecule has 2 aliphatic heterocycles. The first-order valence-electron chi connectivity index (χ1n) is 8.94. The first kappa shape index (κ1) is 19.8. The van der Waals surface area contributed by atoms with Gasteiger partial charge in [-0.2, -0.15) is 15.1 Å². The molecule has 0 spiro atoms. The minimum absolute atomic E-state index is 0.0656. The highest BCUT2D eigenvalue weighted by atomic mass is 32.2. The zero-order valence-electron chi connectivity index (χ0n) is 16.2. The van der Waals surface area contributed by atoms with E-state index >= 15 is 0 Å². The van der Waals surface area contributed by atoms with Crippen molar-refractivity contribution in [2.24, 2.45) is 10.1 Å². The first-order valence-corrected chi connectivity index (χ1v) is 9.75. The van der Waals surface area contributed by atoms with Crippen molar-refractivity contribution in [3.8, 4) is 11.5 Å². The molecule has 2 heterocycles. The summed E-state index contributed by atoms with van der Waals surface area (Å²) in [5.74, 6) is 0.283. The van der Waals surface area contributed by atoms with Crippen LogP contribution in [0, 0.1) is 11.2 Å². The van der Waals surface area contributed by atoms with Gasteiger partial charge in [0.15, 0.2) is 17.3 Å². The maximum atomic E-state index is 13.1. The molecule has 7 nitrogen and oxygen atoms in total. The fourth-order valence-corrected chi connectivity index (χ4v) is 3.91. The molecule has 0 aromatic heterocycles. The summed E-state index contributed by atoms with van der Waals surface area (Å²) in [5, 5.41) is 15.2. The van der Waals surface area contributed by atoms with Crippen molar-refractivity contribution in [2.75, 3.05) is 14.2 Å². The van der Waals surface area contributed by atoms with Gasteiger partial charge in [0.05, 0.1) is 19.8 Å². The van der Waals surface area contributed by atoms with E-state index in [1.54, 1.807) is 14.2 Å². The van der Waals surface area contributed by atoms with Crippen LogP contribution in [-0.4, -0.2) is 41.2 Å². The second kappa shape index (κ2) is 8.11. The molecule has 30 heavy (non-hydrogen) atoms. The lowest BCUT2D eigenvalue weighted by atomic mass is 10.1. The Kier molecular flexibility index (Phi) is 5.37. The van der Waals surface area contributed by atoms with Crippen molar-refractivity contribution >= 4 is 39.8 Å². The number of hydrogen-bond acceptors (Lipinski definition) is 6. The number of carbonyl (C=O) groups is 1. The van der Waals surface area contributed by atoms with E-state index in [0.29, 0.717) is 33.7 Å². The number of halogens is 1. The smallest absolute Gasteiger partial charge is 0.283 e. The number of thioether (sulfide) groups is 1. The minimum Gasteiger partial charge on any atom is -0.493 e. The van der Waals surface area contributed by atoms with Gasteiger partial charge in [-0.05, 0) is 53.2 Å². The predicted molar refractivity (Wildman–Crippen MR) is 115 cm³/mol. The maximum absolute atomic E-state index is 13.1. The number of nitrogens with one attached hydrogen (secondary N) is 1. The van der Waals surface area contributed by atoms with Crippen LogP contribution in [0.1, 0.15) is 11.1 Å². The molecular weight excluding hydrogens is 407 g/mol. The molecule has 9 heteroatoms. The van der Waals surface area contributed by atoms with Crippen molar-refractivity contribution in [3.63, 3.8) is 0 Å². The second-order valence-corrected chi connectivity index (χ2v) is 7.47. The van der Waals surface area contributed by atoms with E-state index in [0.717, 1.165) is 5.56 Å². The monoisotopic (exact) mass is 424 g/mol. The average Bonchev–Trinajstić information content (AvgIpc) is 3.14. The molecule has 0 atom stereocenters. The van der Waals surface area contributed by atoms with Gasteiger partial charge in [0, 0.05) is 6.42 Å². The standard InChI is InChI=1S/C21H17FN4O3S/c1-28-16-8-5-13(10-17(16)29-2)11-18-25-26-19(23)15(20(27)24-21(26)30-18)9-12-3-6-14(22)7-4-12/h3-10,23H,11H2,1-2H3/b15-9-,23-19?. The SMILES string of the molecule is COc1ccc(CC2=NN3C(=N)/C(=C/c4ccc(F)cc4)C(=O)N=C3S2)cc1OC. The van der Waals surface area contributed by atoms with Crippen LogP contribution in [0.2, 0.25) is 0 Å². The fraction of sp³-hybridized carbons (Fsp3) is 0.143. The summed E-state index contributed by atoms with van der Waals surface area (Å²) in [6, 6.07) is 11.2. The molecule has 2 aromatic rings. The lowest BCUT2D eigenvalue weighted by molar-refractivity contribution is -0.114. The average molecular weight is 424 g/mol. The number of hydrogen-bond donors (Lipinski definition) is 1. The van der Waals surface area contributed by atoms with Crippen molar-refractivity contribution in [3.05, 3.63) is 65.0 Å². The van der Waals surface area contributed by atoms with Crippen LogP contribution in [0.4, 0.5) is 4.39 Å². The number of carbonyl (C=O) groups excluding carboxylic acids is 1. The molecule has 0 radical (unpaired) electrons. The summed E-state index contributed by atoms with van der Waals surface area (Å²) in [6.45, 7) is 0. The molecule has 1 N–H and O–H groups in total. The number of ether oxygens (including phenoxy) is 2. The lowest BCUT2D eigenvalue weighted by Gasteiger charge is -2.20. The number of methoxy groups -OCH3 is 2. The molecule has 0 unspecified atom stereocenters. The van der Waals surface area contributed by atoms with Crippen LogP contribution in [0.25, 0.3) is 6.08 Å². The molecule has 4 rings (SSSR count). The van der Waals surface area contributed by atoms with E-state index in [4.69, 9.17) is 14.9 Å². The van der Waals surface area contributed by atoms with E-state index in [1.165, 1.54) is 47.1 Å². The summed E-state index contributed by atoms with van der Waals surface area (Å²) in [5.41, 5.74) is 1.64. The Morgan fingerprint density at radius 3 is 2.57 bits per heavy atom. The van der Waals surface area contributed by atoms with Gasteiger partial charge in [0.2, 0.25) is 5.17 Å². The zero-order chi connectivity index (χ0) is 21.3. The summed E-state index contributed by atoms with van der Waals surface area (Å²) < 4.78 is 23.7. The van der Waals surface area contributed by atoms with Crippen LogP contribution in [0.5, 0.6) is 11.5 Å². The lowest BCUT2D eigenvalue weighted by Crippen LogP contribution is -2.35. The highest BCUT2D eigenvalue weighted by Gasteiger charge is 2.35. The van der Waals surface area contributed by atoms with Crippen LogP contribution in [0.15, 0.2) is 58.1 Å². The zero-order valence-corrected chi connectivity index (χ0v) is 17.0. The first-order chi connectivity index (χ1) is 14.5. The maximum Gasteiger partial charge on any atom is 0.283 e. The Hall–Kier alpha value is -3.46. The number of nitrogens with zero attached hydrogens (tertiary/aromatic N) is 3. The molecule has 0 saturated carbocycles. The Morgan fingerprint density at radius 1 is 1.13 bits per heavy atom. The summed E-state index contributed by atoms with van der Waals surface area (Å²) in [6.07, 6.45) is 2.00. The number of amides is 1. The molecule has 0 fully saturated rings. The third kappa shape index (κ3) is 3.84. The van der Waals surface area contributed by atoms with E-state index in [9.17, 15) is 9.18 Å². The highest BCUT2D eigenvalue weighted by Crippen LogP contribution is 2.32. The van der Waals surface area contributed by atoms with Gasteiger partial charge >= 0.3 is 0 Å². The molecule has 2 aliphatic rings. The number of rotatable bonds is 5. The molecular formula is C21H17FN4O3S. The quantitative estimate of drug-likeness (QED) is 0.740. The normalized spacial score (nSPS) is 17.0. The molecule has 2 aromatic carbocycles. The highest BCUT2D eigenvalue weighted by molar-refractivity contribution is 8.26. The second-order valence-electron chi connectivity index (χ2n) is 6.43. The minimum atomic E-state index is -0.523. The molecule has 1 amide bonds. The molecule has 152 valence electrons. The number of benzene rings is 2. The Morgan fingerprint density at radius 2 is 1.87 bits per heavy atom. The van der Waals surface area contributed by atoms with Gasteiger partial charge in [0.1, 0.15) is 10.9 Å². The molecule has 0 bridgehead atoms. The van der Waals surface area contributed by atoms with E-state index in [2.05, 4.69) is 10.1 Å². The topological polar surface area (TPSA) is 87.3 Å². The number of hydrazone groups is 1. The Bertz CT molecular complexity index is 1130. The summed E-state index contributed by atoms with van der Waals surface area (Å²) in [4.78, 5) is 16.5. The third-order valence-corrected chi connectivity index (χ3v) is 5.39. The van der Waals surface area contributed by atoms with Crippen LogP contribution >= 0.6 is 11.8 Å². The van der Waals surface area contributed by atoms with Crippen molar-refractivity contribution in [2.45, 2.75) is 6.42 Å². The van der Waals surface area contributed by atoms with Gasteiger partial charge in [-0.1, -0.05) is 18.2 Å².